The molecule has 0 bridgehead atoms. The maximum atomic E-state index is 8.12. The Morgan fingerprint density at radius 3 is 2.90 bits per heavy atom. The van der Waals surface area contributed by atoms with Gasteiger partial charge in [0.2, 0.25) is 0 Å². The summed E-state index contributed by atoms with van der Waals surface area (Å²) >= 11 is 0. The third kappa shape index (κ3) is 7.19. The average Bonchev–Trinajstić information content (AvgIpc) is 1.97. The van der Waals surface area contributed by atoms with E-state index < -0.39 is 0 Å². The topological polar surface area (TPSA) is 33.0 Å². The maximum Gasteiger partial charge on any atom is 0.0645 e. The molecule has 0 heterocycles. The fraction of sp³-hybridized carbons (Fsp3) is 0.625. The minimum atomic E-state index is 0.494. The molecule has 0 aliphatic heterocycles. The highest BCUT2D eigenvalue weighted by molar-refractivity contribution is 4.67. The van der Waals surface area contributed by atoms with Gasteiger partial charge in [0.05, 0.1) is 19.1 Å². The minimum Gasteiger partial charge on any atom is -0.380 e. The molecule has 0 atom stereocenters. The Labute approximate surface area is 62.1 Å². The molecule has 0 N–H and O–H groups in total. The van der Waals surface area contributed by atoms with Gasteiger partial charge < -0.3 is 4.74 Å². The van der Waals surface area contributed by atoms with E-state index in [2.05, 4.69) is 6.58 Å². The second-order valence-corrected chi connectivity index (χ2v) is 1.95. The van der Waals surface area contributed by atoms with Crippen LogP contribution in [0.5, 0.6) is 0 Å². The lowest BCUT2D eigenvalue weighted by Crippen LogP contribution is -1.94. The summed E-state index contributed by atoms with van der Waals surface area (Å²) in [5, 5.41) is 8.12. The molecule has 0 rings (SSSR count). The fourth-order valence-corrected chi connectivity index (χ4v) is 0.550. The van der Waals surface area contributed by atoms with E-state index in [-0.39, 0.29) is 0 Å². The van der Waals surface area contributed by atoms with Crippen LogP contribution < -0.4 is 0 Å². The Morgan fingerprint density at radius 1 is 1.50 bits per heavy atom. The normalized spacial score (nSPS) is 8.70. The van der Waals surface area contributed by atoms with Crippen molar-refractivity contribution in [2.45, 2.75) is 19.3 Å². The molecular formula is C8H13NO. The lowest BCUT2D eigenvalue weighted by molar-refractivity contribution is 0.138. The summed E-state index contributed by atoms with van der Waals surface area (Å²) < 4.78 is 5.11. The number of nitrogens with zero attached hydrogens (tertiary/aromatic N) is 1. The highest BCUT2D eigenvalue weighted by atomic mass is 16.5. The van der Waals surface area contributed by atoms with Crippen molar-refractivity contribution in [2.24, 2.45) is 0 Å². The summed E-state index contributed by atoms with van der Waals surface area (Å²) in [6, 6.07) is 2.01. The molecule has 56 valence electrons. The van der Waals surface area contributed by atoms with Crippen LogP contribution in [-0.2, 0) is 4.74 Å². The molecule has 10 heavy (non-hydrogen) atoms. The van der Waals surface area contributed by atoms with Crippen LogP contribution >= 0.6 is 0 Å². The van der Waals surface area contributed by atoms with E-state index in [1.165, 1.54) is 0 Å². The first-order chi connectivity index (χ1) is 4.91. The van der Waals surface area contributed by atoms with Crippen molar-refractivity contribution in [1.29, 1.82) is 5.26 Å². The van der Waals surface area contributed by atoms with Crippen molar-refractivity contribution in [3.05, 3.63) is 12.7 Å². The molecule has 0 fully saturated rings. The van der Waals surface area contributed by atoms with E-state index in [0.717, 1.165) is 19.4 Å². The van der Waals surface area contributed by atoms with Crippen molar-refractivity contribution in [3.8, 4) is 6.07 Å². The quantitative estimate of drug-likeness (QED) is 0.416. The average molecular weight is 139 g/mol. The molecule has 0 radical (unpaired) electrons. The Kier molecular flexibility index (Phi) is 7.53. The monoisotopic (exact) mass is 139 g/mol. The second kappa shape index (κ2) is 8.19. The predicted molar refractivity (Wildman–Crippen MR) is 40.5 cm³/mol. The van der Waals surface area contributed by atoms with Crippen molar-refractivity contribution in [2.75, 3.05) is 13.2 Å². The molecule has 0 aromatic carbocycles. The summed E-state index contributed by atoms with van der Waals surface area (Å²) in [5.41, 5.74) is 0. The minimum absolute atomic E-state index is 0.494. The van der Waals surface area contributed by atoms with Crippen LogP contribution in [0.1, 0.15) is 19.3 Å². The molecule has 2 nitrogen and oxygen atoms in total. The fourth-order valence-electron chi connectivity index (χ4n) is 0.550. The summed E-state index contributed by atoms with van der Waals surface area (Å²) in [6.07, 6.45) is 4.36. The van der Waals surface area contributed by atoms with Gasteiger partial charge in [0.25, 0.3) is 0 Å². The van der Waals surface area contributed by atoms with Crippen LogP contribution in [0.2, 0.25) is 0 Å². The van der Waals surface area contributed by atoms with Crippen LogP contribution in [0.4, 0.5) is 0 Å². The van der Waals surface area contributed by atoms with E-state index in [9.17, 15) is 0 Å². The number of hydrogen-bond donors (Lipinski definition) is 0. The number of nitriles is 1. The standard InChI is InChI=1S/C8H13NO/c1-2-3-4-7-10-8-5-6-9/h2H,1,3-5,7-8H2. The summed E-state index contributed by atoms with van der Waals surface area (Å²) in [5.74, 6) is 0. The van der Waals surface area contributed by atoms with E-state index in [1.54, 1.807) is 0 Å². The van der Waals surface area contributed by atoms with Crippen molar-refractivity contribution < 1.29 is 4.74 Å². The van der Waals surface area contributed by atoms with Gasteiger partial charge in [-0.15, -0.1) is 6.58 Å². The van der Waals surface area contributed by atoms with Gasteiger partial charge in [-0.1, -0.05) is 6.08 Å². The third-order valence-corrected chi connectivity index (χ3v) is 1.06. The van der Waals surface area contributed by atoms with Gasteiger partial charge in [-0.25, -0.2) is 0 Å². The van der Waals surface area contributed by atoms with E-state index in [0.29, 0.717) is 13.0 Å². The number of allylic oxidation sites excluding steroid dienone is 1. The van der Waals surface area contributed by atoms with Crippen LogP contribution in [-0.4, -0.2) is 13.2 Å². The lowest BCUT2D eigenvalue weighted by Gasteiger charge is -1.97. The van der Waals surface area contributed by atoms with Crippen molar-refractivity contribution >= 4 is 0 Å². The summed E-state index contributed by atoms with van der Waals surface area (Å²) in [4.78, 5) is 0. The second-order valence-electron chi connectivity index (χ2n) is 1.95. The van der Waals surface area contributed by atoms with Gasteiger partial charge in [0.1, 0.15) is 0 Å². The molecule has 0 aliphatic carbocycles. The number of unbranched alkanes of at least 4 members (excludes halogenated alkanes) is 1. The molecule has 0 saturated heterocycles. The first-order valence-electron chi connectivity index (χ1n) is 3.47. The lowest BCUT2D eigenvalue weighted by atomic mass is 10.3. The third-order valence-electron chi connectivity index (χ3n) is 1.06. The predicted octanol–water partition coefficient (Wildman–Crippen LogP) is 1.88. The van der Waals surface area contributed by atoms with Gasteiger partial charge >= 0.3 is 0 Å². The Morgan fingerprint density at radius 2 is 2.30 bits per heavy atom. The molecule has 0 unspecified atom stereocenters. The van der Waals surface area contributed by atoms with Crippen LogP contribution in [0, 0.1) is 11.3 Å². The zero-order valence-corrected chi connectivity index (χ0v) is 6.18. The van der Waals surface area contributed by atoms with Gasteiger partial charge in [-0.05, 0) is 12.8 Å². The van der Waals surface area contributed by atoms with E-state index >= 15 is 0 Å². The number of hydrogen-bond acceptors (Lipinski definition) is 2. The zero-order chi connectivity index (χ0) is 7.66. The molecule has 0 spiro atoms. The van der Waals surface area contributed by atoms with Crippen molar-refractivity contribution in [1.82, 2.24) is 0 Å². The highest BCUT2D eigenvalue weighted by Gasteiger charge is 1.85. The molecule has 0 saturated carbocycles. The molecule has 0 amide bonds. The first-order valence-corrected chi connectivity index (χ1v) is 3.47. The summed E-state index contributed by atoms with van der Waals surface area (Å²) in [6.45, 7) is 4.89. The number of rotatable bonds is 6. The van der Waals surface area contributed by atoms with Crippen LogP contribution in [0.15, 0.2) is 12.7 Å². The van der Waals surface area contributed by atoms with Gasteiger partial charge in [0, 0.05) is 6.61 Å². The van der Waals surface area contributed by atoms with Crippen molar-refractivity contribution in [3.63, 3.8) is 0 Å². The first kappa shape index (κ1) is 9.19. The Hall–Kier alpha value is -0.810. The van der Waals surface area contributed by atoms with Crippen LogP contribution in [0.3, 0.4) is 0 Å². The smallest absolute Gasteiger partial charge is 0.0645 e. The van der Waals surface area contributed by atoms with E-state index in [4.69, 9.17) is 10.00 Å². The molecule has 0 aliphatic rings. The Bertz CT molecular complexity index is 115. The van der Waals surface area contributed by atoms with E-state index in [1.807, 2.05) is 12.1 Å². The van der Waals surface area contributed by atoms with Gasteiger partial charge in [0.15, 0.2) is 0 Å². The maximum absolute atomic E-state index is 8.12. The zero-order valence-electron chi connectivity index (χ0n) is 6.18. The number of ether oxygens (including phenoxy) is 1. The summed E-state index contributed by atoms with van der Waals surface area (Å²) in [7, 11) is 0. The molecule has 0 aromatic rings. The molecule has 2 heteroatoms. The van der Waals surface area contributed by atoms with Crippen LogP contribution in [0.25, 0.3) is 0 Å². The SMILES string of the molecule is C=CCCCOCCC#N. The Balaban J connectivity index is 2.78. The van der Waals surface area contributed by atoms with Gasteiger partial charge in [-0.2, -0.15) is 5.26 Å². The largest absolute Gasteiger partial charge is 0.380 e. The van der Waals surface area contributed by atoms with Gasteiger partial charge in [-0.3, -0.25) is 0 Å². The highest BCUT2D eigenvalue weighted by Crippen LogP contribution is 1.90. The molecule has 0 aromatic heterocycles. The molecular weight excluding hydrogens is 126 g/mol.